The standard InChI is InChI=1S/C66H71F3N12O4/c1-3-36-9-5-10-38-11-6-13-47(52(36)38)56-54(68)58-49(26-70-56)61(78-28-39-16-17-40(29-78)72-39)76-63(74-58)84-34-65-21-8-22-81(65)60(51(67)25-65)46-20-15-37(4-2)53-45(46)12-7-14-48(53)57-55(69)59-50(27-71-57)62(79-30-41-18-19-42(31-79)73-41)77-64(75-59)85-35-66-23-43(82)32-80(66)33-44(83)24-66/h5-7,9-15,20,26-27,39-44,51,60,72-73,82-83H,3-4,8,16-19,21-25,28-35H2,1-2H3/t39?,40?,41?,42?,43-,44+,51-,60?,65+,66-/m1/s1. The largest absolute Gasteiger partial charge is 0.461 e. The van der Waals surface area contributed by atoms with Crippen molar-refractivity contribution in [2.75, 3.05) is 68.8 Å². The molecule has 8 saturated heterocycles. The highest BCUT2D eigenvalue weighted by Gasteiger charge is 2.56. The molecule has 16 nitrogen and oxygen atoms in total. The van der Waals surface area contributed by atoms with E-state index in [4.69, 9.17) is 39.4 Å². The van der Waals surface area contributed by atoms with Gasteiger partial charge < -0.3 is 40.1 Å². The second-order valence-corrected chi connectivity index (χ2v) is 25.8. The summed E-state index contributed by atoms with van der Waals surface area (Å²) in [4.78, 5) is 38.3. The Bertz CT molecular complexity index is 3950. The number of β-amino-alcohol motifs (C(OH)–C–C–N with tert-alkyl or cyclic N) is 2. The lowest BCUT2D eigenvalue weighted by Crippen LogP contribution is -2.51. The van der Waals surface area contributed by atoms with Crippen LogP contribution >= 0.6 is 0 Å². The molecule has 0 aliphatic carbocycles. The number of aliphatic hydroxyl groups excluding tert-OH is 2. The van der Waals surface area contributed by atoms with Crippen LogP contribution in [0.15, 0.2) is 79.1 Å². The Morgan fingerprint density at radius 1 is 0.600 bits per heavy atom. The van der Waals surface area contributed by atoms with Crippen LogP contribution in [-0.4, -0.2) is 163 Å². The molecule has 10 atom stereocenters. The van der Waals surface area contributed by atoms with E-state index in [2.05, 4.69) is 56.2 Å². The first-order valence-corrected chi connectivity index (χ1v) is 31.0. The summed E-state index contributed by atoms with van der Waals surface area (Å²) in [5, 5.41) is 33.5. The Morgan fingerprint density at radius 3 is 1.71 bits per heavy atom. The lowest BCUT2D eigenvalue weighted by Gasteiger charge is -2.35. The molecule has 8 fully saturated rings. The number of nitrogens with zero attached hydrogens (tertiary/aromatic N) is 10. The second kappa shape index (κ2) is 20.7. The fourth-order valence-electron chi connectivity index (χ4n) is 16.9. The lowest BCUT2D eigenvalue weighted by molar-refractivity contribution is 0.0832. The zero-order valence-electron chi connectivity index (χ0n) is 48.1. The van der Waals surface area contributed by atoms with E-state index < -0.39 is 47.1 Å². The number of benzene rings is 4. The molecule has 8 aliphatic heterocycles. The van der Waals surface area contributed by atoms with Gasteiger partial charge in [0.25, 0.3) is 0 Å². The number of halogens is 3. The quantitative estimate of drug-likeness (QED) is 0.0861. The molecule has 16 rings (SSSR count). The minimum Gasteiger partial charge on any atom is -0.461 e. The van der Waals surface area contributed by atoms with Crippen LogP contribution in [0.5, 0.6) is 12.0 Å². The van der Waals surface area contributed by atoms with Gasteiger partial charge >= 0.3 is 12.0 Å². The van der Waals surface area contributed by atoms with Crippen molar-refractivity contribution in [3.63, 3.8) is 0 Å². The van der Waals surface area contributed by atoms with Crippen LogP contribution in [0.25, 0.3) is 65.9 Å². The molecule has 440 valence electrons. The van der Waals surface area contributed by atoms with Crippen molar-refractivity contribution in [2.24, 2.45) is 0 Å². The number of aryl methyl sites for hydroxylation is 2. The number of piperazine rings is 2. The molecule has 4 aromatic heterocycles. The predicted octanol–water partition coefficient (Wildman–Crippen LogP) is 8.93. The van der Waals surface area contributed by atoms with Gasteiger partial charge in [0, 0.05) is 93.4 Å². The van der Waals surface area contributed by atoms with Crippen LogP contribution in [0, 0.1) is 11.6 Å². The SMILES string of the molecule is CCc1cccc2cccc(-c3ncc4c(N5CC6CCC(C5)N6)nc(OC[C@@]56CCCN5C(c5ccc(CC)c7c(-c8ncc9c(N%10CC%11CCC(C%10)N%11)nc(OC[C@@]%10%11C[C@H](O)CN%10C[C@H](O)C%11)nc9c8F)cccc57)[C@H](F)C6)nc4c3F)c12. The van der Waals surface area contributed by atoms with E-state index in [1.807, 2.05) is 54.6 Å². The van der Waals surface area contributed by atoms with Gasteiger partial charge in [-0.25, -0.2) is 13.2 Å². The number of ether oxygens (including phenoxy) is 2. The minimum atomic E-state index is -1.27. The summed E-state index contributed by atoms with van der Waals surface area (Å²) in [6.07, 6.45) is 9.25. The molecule has 4 N–H and O–H groups in total. The highest BCUT2D eigenvalue weighted by atomic mass is 19.1. The summed E-state index contributed by atoms with van der Waals surface area (Å²) in [6, 6.07) is 22.5. The molecule has 85 heavy (non-hydrogen) atoms. The number of aliphatic hydroxyl groups is 2. The Balaban J connectivity index is 0.746. The summed E-state index contributed by atoms with van der Waals surface area (Å²) in [7, 11) is 0. The fraction of sp³-hybridized carbons (Fsp3) is 0.485. The first-order valence-electron chi connectivity index (χ1n) is 31.0. The maximum Gasteiger partial charge on any atom is 0.319 e. The number of pyridine rings is 2. The molecule has 0 saturated carbocycles. The van der Waals surface area contributed by atoms with E-state index in [-0.39, 0.29) is 78.2 Å². The van der Waals surface area contributed by atoms with Crippen LogP contribution in [-0.2, 0) is 12.8 Å². The van der Waals surface area contributed by atoms with Gasteiger partial charge in [-0.2, -0.15) is 19.9 Å². The highest BCUT2D eigenvalue weighted by molar-refractivity contribution is 6.03. The summed E-state index contributed by atoms with van der Waals surface area (Å²) in [5.41, 5.74) is 3.44. The number of alkyl halides is 1. The molecular formula is C66H71F3N12O4. The summed E-state index contributed by atoms with van der Waals surface area (Å²) in [5.74, 6) is 0.00621. The van der Waals surface area contributed by atoms with Crippen molar-refractivity contribution < 1.29 is 32.9 Å². The van der Waals surface area contributed by atoms with Gasteiger partial charge in [-0.1, -0.05) is 80.6 Å². The lowest BCUT2D eigenvalue weighted by atomic mass is 9.88. The average molecular weight is 1150 g/mol. The maximum atomic E-state index is 18.0. The molecule has 0 spiro atoms. The highest BCUT2D eigenvalue weighted by Crippen LogP contribution is 2.53. The molecule has 4 bridgehead atoms. The van der Waals surface area contributed by atoms with Crippen LogP contribution in [0.2, 0.25) is 0 Å². The number of aromatic nitrogens is 6. The summed E-state index contributed by atoms with van der Waals surface area (Å²) in [6.45, 7) is 8.72. The van der Waals surface area contributed by atoms with Crippen molar-refractivity contribution in [1.82, 2.24) is 50.3 Å². The fourth-order valence-corrected chi connectivity index (χ4v) is 16.9. The van der Waals surface area contributed by atoms with Gasteiger partial charge in [0.05, 0.1) is 40.1 Å². The molecule has 0 amide bonds. The van der Waals surface area contributed by atoms with E-state index in [0.29, 0.717) is 105 Å². The van der Waals surface area contributed by atoms with Crippen molar-refractivity contribution in [1.29, 1.82) is 0 Å². The van der Waals surface area contributed by atoms with Crippen molar-refractivity contribution in [2.45, 2.75) is 144 Å². The van der Waals surface area contributed by atoms with Crippen LogP contribution in [0.1, 0.15) is 94.4 Å². The van der Waals surface area contributed by atoms with Crippen molar-refractivity contribution >= 4 is 55.0 Å². The molecule has 0 radical (unpaired) electrons. The number of hydrogen-bond acceptors (Lipinski definition) is 16. The average Bonchev–Trinajstić information content (AvgIpc) is 2.36. The first-order chi connectivity index (χ1) is 41.4. The van der Waals surface area contributed by atoms with Crippen LogP contribution in [0.4, 0.5) is 24.8 Å². The topological polar surface area (TPSA) is 173 Å². The van der Waals surface area contributed by atoms with E-state index in [0.717, 1.165) is 76.8 Å². The van der Waals surface area contributed by atoms with Gasteiger partial charge in [-0.15, -0.1) is 0 Å². The van der Waals surface area contributed by atoms with Crippen LogP contribution < -0.4 is 29.9 Å². The third kappa shape index (κ3) is 8.82. The zero-order chi connectivity index (χ0) is 57.5. The molecule has 8 aliphatic rings. The first kappa shape index (κ1) is 53.6. The number of anilines is 2. The van der Waals surface area contributed by atoms with E-state index in [1.165, 1.54) is 0 Å². The Hall–Kier alpha value is -6.87. The number of nitrogens with one attached hydrogen (secondary N) is 2. The number of hydrogen-bond donors (Lipinski definition) is 4. The molecule has 5 unspecified atom stereocenters. The summed E-state index contributed by atoms with van der Waals surface area (Å²) >= 11 is 0. The maximum absolute atomic E-state index is 18.0. The Kier molecular flexibility index (Phi) is 13.0. The third-order valence-electron chi connectivity index (χ3n) is 20.7. The van der Waals surface area contributed by atoms with E-state index in [1.54, 1.807) is 12.4 Å². The minimum absolute atomic E-state index is 0.0316. The van der Waals surface area contributed by atoms with E-state index >= 15 is 13.2 Å². The van der Waals surface area contributed by atoms with Gasteiger partial charge in [-0.3, -0.25) is 19.8 Å². The second-order valence-electron chi connectivity index (χ2n) is 25.8. The number of rotatable bonds is 13. The monoisotopic (exact) mass is 1150 g/mol. The molecule has 19 heteroatoms. The van der Waals surface area contributed by atoms with Crippen LogP contribution in [0.3, 0.4) is 0 Å². The van der Waals surface area contributed by atoms with Gasteiger partial charge in [-0.05, 0) is 109 Å². The Labute approximate surface area is 491 Å². The summed E-state index contributed by atoms with van der Waals surface area (Å²) < 4.78 is 66.4. The normalized spacial score (nSPS) is 29.1. The van der Waals surface area contributed by atoms with Crippen molar-refractivity contribution in [3.05, 3.63) is 107 Å². The molecule has 4 aromatic carbocycles. The smallest absolute Gasteiger partial charge is 0.319 e. The molecule has 12 heterocycles. The van der Waals surface area contributed by atoms with Gasteiger partial charge in [0.1, 0.15) is 53.4 Å². The van der Waals surface area contributed by atoms with Gasteiger partial charge in [0.2, 0.25) is 0 Å². The third-order valence-corrected chi connectivity index (χ3v) is 20.7. The Morgan fingerprint density at radius 2 is 1.13 bits per heavy atom. The molecule has 8 aromatic rings. The van der Waals surface area contributed by atoms with E-state index in [9.17, 15) is 10.2 Å². The predicted molar refractivity (Wildman–Crippen MR) is 321 cm³/mol. The zero-order valence-corrected chi connectivity index (χ0v) is 48.1. The molecular weight excluding hydrogens is 1080 g/mol. The number of fused-ring (bicyclic) bond motifs is 10. The van der Waals surface area contributed by atoms with Crippen molar-refractivity contribution in [3.8, 4) is 34.5 Å². The van der Waals surface area contributed by atoms with Gasteiger partial charge in [0.15, 0.2) is 11.6 Å².